The Morgan fingerprint density at radius 1 is 1.32 bits per heavy atom. The average molecular weight is 262 g/mol. The fourth-order valence-electron chi connectivity index (χ4n) is 3.00. The third kappa shape index (κ3) is 3.80. The quantitative estimate of drug-likeness (QED) is 0.814. The molecule has 1 unspecified atom stereocenters. The Labute approximate surface area is 116 Å². The molecule has 4 heteroatoms. The molecule has 0 bridgehead atoms. The molecule has 0 spiro atoms. The summed E-state index contributed by atoms with van der Waals surface area (Å²) in [5.41, 5.74) is 1.33. The summed E-state index contributed by atoms with van der Waals surface area (Å²) in [6.45, 7) is 8.25. The highest BCUT2D eigenvalue weighted by Crippen LogP contribution is 2.19. The number of nitrogens with zero attached hydrogens (tertiary/aromatic N) is 3. The number of hydrogen-bond donors (Lipinski definition) is 1. The Bertz CT molecular complexity index is 391. The van der Waals surface area contributed by atoms with Gasteiger partial charge >= 0.3 is 0 Å². The Hall–Kier alpha value is -0.870. The summed E-state index contributed by atoms with van der Waals surface area (Å²) < 4.78 is 2.33. The van der Waals surface area contributed by atoms with Gasteiger partial charge in [0.2, 0.25) is 0 Å². The molecular formula is C15H26N4. The largest absolute Gasteiger partial charge is 0.333 e. The maximum Gasteiger partial charge on any atom is 0.0948 e. The van der Waals surface area contributed by atoms with Gasteiger partial charge in [0, 0.05) is 31.9 Å². The van der Waals surface area contributed by atoms with Crippen LogP contribution < -0.4 is 5.32 Å². The maximum atomic E-state index is 4.31. The van der Waals surface area contributed by atoms with Gasteiger partial charge in [-0.25, -0.2) is 4.98 Å². The van der Waals surface area contributed by atoms with E-state index >= 15 is 0 Å². The van der Waals surface area contributed by atoms with Gasteiger partial charge in [-0.2, -0.15) is 0 Å². The maximum absolute atomic E-state index is 4.31. The van der Waals surface area contributed by atoms with E-state index in [-0.39, 0.29) is 0 Å². The molecule has 2 fully saturated rings. The molecule has 0 aromatic carbocycles. The highest BCUT2D eigenvalue weighted by molar-refractivity contribution is 4.99. The van der Waals surface area contributed by atoms with Crippen molar-refractivity contribution in [2.45, 2.75) is 51.7 Å². The van der Waals surface area contributed by atoms with Crippen LogP contribution in [0.3, 0.4) is 0 Å². The first-order valence-corrected chi connectivity index (χ1v) is 7.76. The van der Waals surface area contributed by atoms with Crippen molar-refractivity contribution in [3.63, 3.8) is 0 Å². The van der Waals surface area contributed by atoms with Crippen LogP contribution in [-0.4, -0.2) is 40.1 Å². The molecule has 1 aliphatic heterocycles. The normalized spacial score (nSPS) is 21.9. The first-order chi connectivity index (χ1) is 9.31. The number of rotatable bonds is 7. The van der Waals surface area contributed by atoms with Gasteiger partial charge in [-0.1, -0.05) is 6.92 Å². The molecule has 1 atom stereocenters. The highest BCUT2D eigenvalue weighted by atomic mass is 15.1. The molecule has 1 saturated carbocycles. The SMILES string of the molecule is CC(CN1CCCC1)Cn1cncc1CNC1CC1. The minimum absolute atomic E-state index is 0.701. The third-order valence-corrected chi connectivity index (χ3v) is 4.22. The lowest BCUT2D eigenvalue weighted by atomic mass is 10.1. The summed E-state index contributed by atoms with van der Waals surface area (Å²) in [6.07, 6.45) is 9.46. The van der Waals surface area contributed by atoms with Crippen LogP contribution >= 0.6 is 0 Å². The van der Waals surface area contributed by atoms with Gasteiger partial charge in [-0.15, -0.1) is 0 Å². The second-order valence-corrected chi connectivity index (χ2v) is 6.31. The van der Waals surface area contributed by atoms with Gasteiger partial charge in [-0.3, -0.25) is 0 Å². The summed E-state index contributed by atoms with van der Waals surface area (Å²) in [6, 6.07) is 0.769. The molecule has 1 N–H and O–H groups in total. The Balaban J connectivity index is 1.48. The second-order valence-electron chi connectivity index (χ2n) is 6.31. The summed E-state index contributed by atoms with van der Waals surface area (Å²) in [5, 5.41) is 3.57. The molecule has 1 aliphatic carbocycles. The zero-order valence-corrected chi connectivity index (χ0v) is 12.0. The van der Waals surface area contributed by atoms with Crippen molar-refractivity contribution in [2.75, 3.05) is 19.6 Å². The Morgan fingerprint density at radius 2 is 2.11 bits per heavy atom. The first kappa shape index (κ1) is 13.1. The van der Waals surface area contributed by atoms with E-state index in [0.29, 0.717) is 5.92 Å². The molecular weight excluding hydrogens is 236 g/mol. The number of hydrogen-bond acceptors (Lipinski definition) is 3. The molecule has 1 saturated heterocycles. The minimum Gasteiger partial charge on any atom is -0.333 e. The summed E-state index contributed by atoms with van der Waals surface area (Å²) >= 11 is 0. The van der Waals surface area contributed by atoms with Crippen LogP contribution in [0.5, 0.6) is 0 Å². The van der Waals surface area contributed by atoms with E-state index in [0.717, 1.165) is 19.1 Å². The number of likely N-dealkylation sites (tertiary alicyclic amines) is 1. The standard InChI is InChI=1S/C15H26N4/c1-13(10-18-6-2-3-7-18)11-19-12-16-8-15(19)9-17-14-4-5-14/h8,12-14,17H,2-7,9-11H2,1H3. The first-order valence-electron chi connectivity index (χ1n) is 7.76. The van der Waals surface area contributed by atoms with Crippen LogP contribution in [0, 0.1) is 5.92 Å². The minimum atomic E-state index is 0.701. The summed E-state index contributed by atoms with van der Waals surface area (Å²) in [4.78, 5) is 6.92. The van der Waals surface area contributed by atoms with Crippen LogP contribution in [0.15, 0.2) is 12.5 Å². The lowest BCUT2D eigenvalue weighted by molar-refractivity contribution is 0.270. The van der Waals surface area contributed by atoms with E-state index < -0.39 is 0 Å². The Kier molecular flexibility index (Phi) is 4.18. The number of imidazole rings is 1. The lowest BCUT2D eigenvalue weighted by Crippen LogP contribution is -2.28. The zero-order chi connectivity index (χ0) is 13.1. The summed E-state index contributed by atoms with van der Waals surface area (Å²) in [7, 11) is 0. The zero-order valence-electron chi connectivity index (χ0n) is 12.0. The topological polar surface area (TPSA) is 33.1 Å². The number of nitrogens with one attached hydrogen (secondary N) is 1. The van der Waals surface area contributed by atoms with E-state index in [1.54, 1.807) is 0 Å². The van der Waals surface area contributed by atoms with Crippen molar-refractivity contribution in [3.8, 4) is 0 Å². The van der Waals surface area contributed by atoms with Crippen LogP contribution in [0.4, 0.5) is 0 Å². The molecule has 1 aromatic heterocycles. The van der Waals surface area contributed by atoms with E-state index in [1.807, 2.05) is 12.5 Å². The van der Waals surface area contributed by atoms with Gasteiger partial charge in [0.15, 0.2) is 0 Å². The molecule has 0 amide bonds. The van der Waals surface area contributed by atoms with Crippen molar-refractivity contribution < 1.29 is 0 Å². The monoisotopic (exact) mass is 262 g/mol. The van der Waals surface area contributed by atoms with E-state index in [9.17, 15) is 0 Å². The second kappa shape index (κ2) is 6.06. The molecule has 2 aliphatic rings. The van der Waals surface area contributed by atoms with Crippen LogP contribution in [0.25, 0.3) is 0 Å². The van der Waals surface area contributed by atoms with E-state index in [1.165, 1.54) is 51.0 Å². The van der Waals surface area contributed by atoms with Crippen molar-refractivity contribution in [1.82, 2.24) is 19.8 Å². The fraction of sp³-hybridized carbons (Fsp3) is 0.800. The van der Waals surface area contributed by atoms with Crippen molar-refractivity contribution >= 4 is 0 Å². The highest BCUT2D eigenvalue weighted by Gasteiger charge is 2.21. The average Bonchev–Trinajstić information content (AvgIpc) is 2.89. The van der Waals surface area contributed by atoms with Crippen LogP contribution in [0.2, 0.25) is 0 Å². The molecule has 4 nitrogen and oxygen atoms in total. The van der Waals surface area contributed by atoms with Gasteiger partial charge in [-0.05, 0) is 44.7 Å². The van der Waals surface area contributed by atoms with Crippen molar-refractivity contribution in [1.29, 1.82) is 0 Å². The fourth-order valence-corrected chi connectivity index (χ4v) is 3.00. The molecule has 1 aromatic rings. The molecule has 106 valence electrons. The smallest absolute Gasteiger partial charge is 0.0948 e. The van der Waals surface area contributed by atoms with Gasteiger partial charge in [0.25, 0.3) is 0 Å². The molecule has 19 heavy (non-hydrogen) atoms. The molecule has 0 radical (unpaired) electrons. The Morgan fingerprint density at radius 3 is 2.84 bits per heavy atom. The predicted octanol–water partition coefficient (Wildman–Crippen LogP) is 1.87. The van der Waals surface area contributed by atoms with Crippen LogP contribution in [0.1, 0.15) is 38.3 Å². The van der Waals surface area contributed by atoms with Gasteiger partial charge in [0.05, 0.1) is 12.0 Å². The third-order valence-electron chi connectivity index (χ3n) is 4.22. The van der Waals surface area contributed by atoms with Crippen LogP contribution in [-0.2, 0) is 13.1 Å². The summed E-state index contributed by atoms with van der Waals surface area (Å²) in [5.74, 6) is 0.701. The molecule has 2 heterocycles. The lowest BCUT2D eigenvalue weighted by Gasteiger charge is -2.21. The van der Waals surface area contributed by atoms with E-state index in [4.69, 9.17) is 0 Å². The molecule has 3 rings (SSSR count). The van der Waals surface area contributed by atoms with Crippen molar-refractivity contribution in [3.05, 3.63) is 18.2 Å². The predicted molar refractivity (Wildman–Crippen MR) is 76.9 cm³/mol. The number of aromatic nitrogens is 2. The van der Waals surface area contributed by atoms with Gasteiger partial charge in [0.1, 0.15) is 0 Å². The van der Waals surface area contributed by atoms with Gasteiger partial charge < -0.3 is 14.8 Å². The van der Waals surface area contributed by atoms with Crippen molar-refractivity contribution in [2.24, 2.45) is 5.92 Å². The van der Waals surface area contributed by atoms with E-state index in [2.05, 4.69) is 26.7 Å².